The Morgan fingerprint density at radius 2 is 2.09 bits per heavy atom. The molecule has 4 nitrogen and oxygen atoms in total. The number of carbonyl (C=O) groups is 1. The number of benzene rings is 1. The lowest BCUT2D eigenvalue weighted by Crippen LogP contribution is -2.32. The van der Waals surface area contributed by atoms with E-state index < -0.39 is 5.97 Å². The Bertz CT molecular complexity index is 784. The molecule has 1 aromatic carbocycles. The number of hydrogen-bond acceptors (Lipinski definition) is 4. The molecule has 4 rings (SSSR count). The summed E-state index contributed by atoms with van der Waals surface area (Å²) in [5, 5.41) is 5.12. The maximum Gasteiger partial charge on any atom is 0.400 e. The molecule has 1 heterocycles. The van der Waals surface area contributed by atoms with Gasteiger partial charge in [-0.15, -0.1) is 0 Å². The number of carbonyl (C=O) groups excluding carboxylic acids is 1. The summed E-state index contributed by atoms with van der Waals surface area (Å²) in [7, 11) is 0. The first-order valence-electron chi connectivity index (χ1n) is 8.19. The second-order valence-electron chi connectivity index (χ2n) is 7.56. The van der Waals surface area contributed by atoms with Crippen LogP contribution in [0.2, 0.25) is 0 Å². The molecule has 4 heteroatoms. The van der Waals surface area contributed by atoms with Gasteiger partial charge in [-0.25, -0.2) is 4.79 Å². The van der Waals surface area contributed by atoms with Crippen molar-refractivity contribution < 1.29 is 14.0 Å². The zero-order chi connectivity index (χ0) is 16.2. The summed E-state index contributed by atoms with van der Waals surface area (Å²) >= 11 is 0. The van der Waals surface area contributed by atoms with E-state index in [9.17, 15) is 4.79 Å². The number of fused-ring (bicyclic) bond motifs is 3. The van der Waals surface area contributed by atoms with Crippen molar-refractivity contribution in [1.29, 1.82) is 0 Å². The highest BCUT2D eigenvalue weighted by Crippen LogP contribution is 2.64. The monoisotopic (exact) mass is 311 g/mol. The number of oxime groups is 1. The highest BCUT2D eigenvalue weighted by Gasteiger charge is 2.60. The molecule has 0 saturated heterocycles. The van der Waals surface area contributed by atoms with E-state index in [1.54, 1.807) is 6.07 Å². The van der Waals surface area contributed by atoms with Crippen molar-refractivity contribution in [3.05, 3.63) is 36.1 Å². The topological polar surface area (TPSA) is 51.8 Å². The fraction of sp³-hybridized carbons (Fsp3) is 0.474. The van der Waals surface area contributed by atoms with Crippen LogP contribution in [0, 0.1) is 16.7 Å². The Hall–Kier alpha value is -2.10. The van der Waals surface area contributed by atoms with Gasteiger partial charge in [-0.1, -0.05) is 44.1 Å². The van der Waals surface area contributed by atoms with Crippen molar-refractivity contribution in [3.8, 4) is 0 Å². The lowest BCUT2D eigenvalue weighted by molar-refractivity contribution is 0.0474. The molecule has 0 aliphatic heterocycles. The molecule has 2 bridgehead atoms. The maximum atomic E-state index is 12.2. The first-order valence-corrected chi connectivity index (χ1v) is 8.19. The molecule has 1 aromatic heterocycles. The van der Waals surface area contributed by atoms with Gasteiger partial charge in [-0.3, -0.25) is 0 Å². The third-order valence-corrected chi connectivity index (χ3v) is 6.38. The predicted octanol–water partition coefficient (Wildman–Crippen LogP) is 4.79. The van der Waals surface area contributed by atoms with Crippen molar-refractivity contribution >= 4 is 22.7 Å². The van der Waals surface area contributed by atoms with Crippen LogP contribution in [0.25, 0.3) is 11.0 Å². The van der Waals surface area contributed by atoms with Crippen molar-refractivity contribution in [2.24, 2.45) is 21.9 Å². The van der Waals surface area contributed by atoms with Crippen LogP contribution < -0.4 is 0 Å². The van der Waals surface area contributed by atoms with Crippen molar-refractivity contribution in [1.82, 2.24) is 0 Å². The maximum absolute atomic E-state index is 12.2. The molecular formula is C19H21NO3. The molecule has 2 aliphatic carbocycles. The predicted molar refractivity (Wildman–Crippen MR) is 88.3 cm³/mol. The van der Waals surface area contributed by atoms with E-state index >= 15 is 0 Å². The van der Waals surface area contributed by atoms with E-state index in [4.69, 9.17) is 9.25 Å². The minimum Gasteiger partial charge on any atom is -0.449 e. The average Bonchev–Trinajstić information content (AvgIpc) is 3.11. The van der Waals surface area contributed by atoms with Gasteiger partial charge in [-0.05, 0) is 42.7 Å². The van der Waals surface area contributed by atoms with E-state index in [0.29, 0.717) is 11.5 Å². The summed E-state index contributed by atoms with van der Waals surface area (Å²) in [4.78, 5) is 17.4. The Morgan fingerprint density at radius 1 is 1.30 bits per heavy atom. The summed E-state index contributed by atoms with van der Waals surface area (Å²) in [6.45, 7) is 6.84. The Kier molecular flexibility index (Phi) is 2.96. The summed E-state index contributed by atoms with van der Waals surface area (Å²) in [5.74, 6) is 0.303. The van der Waals surface area contributed by atoms with E-state index in [0.717, 1.165) is 23.9 Å². The van der Waals surface area contributed by atoms with Crippen molar-refractivity contribution in [3.63, 3.8) is 0 Å². The van der Waals surface area contributed by atoms with Gasteiger partial charge in [-0.2, -0.15) is 0 Å². The molecule has 120 valence electrons. The molecule has 0 radical (unpaired) electrons. The normalized spacial score (nSPS) is 30.2. The van der Waals surface area contributed by atoms with Gasteiger partial charge < -0.3 is 9.25 Å². The standard InChI is InChI=1S/C19H21NO3/c1-18(2)13-8-9-19(18,3)16(11-13)20-23-17(21)15-10-12-6-4-5-7-14(12)22-15/h4-7,10,13H,8-9,11H2,1-3H3/b20-16+. The van der Waals surface area contributed by atoms with Crippen LogP contribution in [0.5, 0.6) is 0 Å². The van der Waals surface area contributed by atoms with Gasteiger partial charge in [0, 0.05) is 10.8 Å². The Morgan fingerprint density at radius 3 is 2.74 bits per heavy atom. The minimum absolute atomic E-state index is 0.0336. The van der Waals surface area contributed by atoms with Crippen LogP contribution >= 0.6 is 0 Å². The Balaban J connectivity index is 1.56. The molecule has 0 amide bonds. The van der Waals surface area contributed by atoms with Gasteiger partial charge in [0.25, 0.3) is 0 Å². The molecule has 0 N–H and O–H groups in total. The molecule has 2 saturated carbocycles. The second kappa shape index (κ2) is 4.70. The molecule has 2 fully saturated rings. The van der Waals surface area contributed by atoms with Crippen LogP contribution in [0.15, 0.2) is 39.9 Å². The molecule has 2 aliphatic rings. The molecular weight excluding hydrogens is 290 g/mol. The smallest absolute Gasteiger partial charge is 0.400 e. The highest BCUT2D eigenvalue weighted by molar-refractivity contribution is 5.96. The van der Waals surface area contributed by atoms with Gasteiger partial charge in [0.05, 0.1) is 5.71 Å². The third kappa shape index (κ3) is 1.97. The van der Waals surface area contributed by atoms with E-state index in [1.165, 1.54) is 6.42 Å². The largest absolute Gasteiger partial charge is 0.449 e. The van der Waals surface area contributed by atoms with Crippen LogP contribution in [0.3, 0.4) is 0 Å². The third-order valence-electron chi connectivity index (χ3n) is 6.38. The van der Waals surface area contributed by atoms with Gasteiger partial charge in [0.15, 0.2) is 0 Å². The van der Waals surface area contributed by atoms with Crippen LogP contribution in [-0.4, -0.2) is 11.7 Å². The average molecular weight is 311 g/mol. The van der Waals surface area contributed by atoms with Crippen molar-refractivity contribution in [2.45, 2.75) is 40.0 Å². The van der Waals surface area contributed by atoms with Crippen molar-refractivity contribution in [2.75, 3.05) is 0 Å². The zero-order valence-corrected chi connectivity index (χ0v) is 13.8. The van der Waals surface area contributed by atoms with E-state index in [2.05, 4.69) is 25.9 Å². The number of rotatable bonds is 2. The van der Waals surface area contributed by atoms with Crippen LogP contribution in [-0.2, 0) is 4.84 Å². The van der Waals surface area contributed by atoms with Gasteiger partial charge in [0.1, 0.15) is 5.58 Å². The lowest BCUT2D eigenvalue weighted by Gasteiger charge is -2.34. The molecule has 0 spiro atoms. The van der Waals surface area contributed by atoms with Crippen LogP contribution in [0.1, 0.15) is 50.6 Å². The minimum atomic E-state index is -0.530. The molecule has 2 aromatic rings. The van der Waals surface area contributed by atoms with E-state index in [1.807, 2.05) is 24.3 Å². The summed E-state index contributed by atoms with van der Waals surface area (Å²) in [6.07, 6.45) is 3.28. The second-order valence-corrected chi connectivity index (χ2v) is 7.56. The summed E-state index contributed by atoms with van der Waals surface area (Å²) < 4.78 is 5.53. The quantitative estimate of drug-likeness (QED) is 0.592. The zero-order valence-electron chi connectivity index (χ0n) is 13.8. The van der Waals surface area contributed by atoms with E-state index in [-0.39, 0.29) is 16.6 Å². The summed E-state index contributed by atoms with van der Waals surface area (Å²) in [5.41, 5.74) is 1.95. The number of hydrogen-bond donors (Lipinski definition) is 0. The fourth-order valence-corrected chi connectivity index (χ4v) is 4.29. The highest BCUT2D eigenvalue weighted by atomic mass is 16.7. The number of nitrogens with zero attached hydrogens (tertiary/aromatic N) is 1. The summed E-state index contributed by atoms with van der Waals surface area (Å²) in [6, 6.07) is 9.22. The first kappa shape index (κ1) is 14.5. The number of furan rings is 1. The SMILES string of the molecule is CC12CCC(C/C1=N\OC(=O)c1cc3ccccc3o1)C2(C)C. The molecule has 23 heavy (non-hydrogen) atoms. The lowest BCUT2D eigenvalue weighted by atomic mass is 9.70. The first-order chi connectivity index (χ1) is 10.9. The Labute approximate surface area is 135 Å². The van der Waals surface area contributed by atoms with Crippen LogP contribution in [0.4, 0.5) is 0 Å². The number of para-hydroxylation sites is 1. The molecule has 2 unspecified atom stereocenters. The van der Waals surface area contributed by atoms with Gasteiger partial charge in [0.2, 0.25) is 5.76 Å². The van der Waals surface area contributed by atoms with Gasteiger partial charge >= 0.3 is 5.97 Å². The fourth-order valence-electron chi connectivity index (χ4n) is 4.29. The molecule has 2 atom stereocenters.